The van der Waals surface area contributed by atoms with Crippen LogP contribution in [0.3, 0.4) is 0 Å². The topological polar surface area (TPSA) is 55.3 Å². The van der Waals surface area contributed by atoms with Crippen molar-refractivity contribution in [1.82, 2.24) is 4.98 Å². The van der Waals surface area contributed by atoms with Gasteiger partial charge in [0.15, 0.2) is 0 Å². The van der Waals surface area contributed by atoms with Crippen molar-refractivity contribution >= 4 is 6.01 Å². The van der Waals surface area contributed by atoms with Crippen molar-refractivity contribution in [1.29, 1.82) is 0 Å². The van der Waals surface area contributed by atoms with Gasteiger partial charge in [0.05, 0.1) is 5.69 Å². The Morgan fingerprint density at radius 3 is 2.93 bits per heavy atom. The molecule has 78 valence electrons. The van der Waals surface area contributed by atoms with E-state index in [0.29, 0.717) is 6.54 Å². The van der Waals surface area contributed by atoms with Crippen LogP contribution in [0.4, 0.5) is 6.01 Å². The van der Waals surface area contributed by atoms with E-state index in [1.165, 1.54) is 12.8 Å². The maximum atomic E-state index is 5.68. The Morgan fingerprint density at radius 2 is 2.21 bits per heavy atom. The minimum absolute atomic E-state index is 0.629. The lowest BCUT2D eigenvalue weighted by molar-refractivity contribution is 0.474. The first-order valence-corrected chi connectivity index (χ1v) is 5.21. The number of nitrogens with two attached hydrogens (primary N) is 1. The van der Waals surface area contributed by atoms with Crippen molar-refractivity contribution in [2.24, 2.45) is 5.73 Å². The molecule has 0 radical (unpaired) electrons. The van der Waals surface area contributed by atoms with Gasteiger partial charge in [-0.05, 0) is 19.3 Å². The van der Waals surface area contributed by atoms with Gasteiger partial charge in [0.1, 0.15) is 5.76 Å². The average molecular weight is 195 g/mol. The summed E-state index contributed by atoms with van der Waals surface area (Å²) >= 11 is 0. The van der Waals surface area contributed by atoms with Crippen molar-refractivity contribution in [3.8, 4) is 0 Å². The molecule has 1 aromatic rings. The molecule has 0 spiro atoms. The minimum atomic E-state index is 0.629. The molecule has 0 unspecified atom stereocenters. The highest BCUT2D eigenvalue weighted by molar-refractivity contribution is 5.29. The molecule has 4 nitrogen and oxygen atoms in total. The summed E-state index contributed by atoms with van der Waals surface area (Å²) in [6.07, 6.45) is 4.57. The van der Waals surface area contributed by atoms with E-state index in [9.17, 15) is 0 Å². The first-order chi connectivity index (χ1) is 6.81. The molecular formula is C10H17N3O. The number of rotatable bonds is 3. The molecule has 14 heavy (non-hydrogen) atoms. The highest BCUT2D eigenvalue weighted by atomic mass is 16.4. The van der Waals surface area contributed by atoms with E-state index >= 15 is 0 Å². The van der Waals surface area contributed by atoms with Crippen LogP contribution in [0.15, 0.2) is 4.42 Å². The molecule has 0 bridgehead atoms. The molecule has 0 aromatic carbocycles. The molecule has 0 atom stereocenters. The summed E-state index contributed by atoms with van der Waals surface area (Å²) in [4.78, 5) is 6.44. The number of aromatic nitrogens is 1. The van der Waals surface area contributed by atoms with Crippen molar-refractivity contribution in [2.75, 3.05) is 25.0 Å². The van der Waals surface area contributed by atoms with Crippen molar-refractivity contribution in [3.63, 3.8) is 0 Å². The third kappa shape index (κ3) is 1.75. The summed E-state index contributed by atoms with van der Waals surface area (Å²) in [5.41, 5.74) is 6.63. The van der Waals surface area contributed by atoms with E-state index in [2.05, 4.69) is 4.98 Å². The van der Waals surface area contributed by atoms with E-state index in [4.69, 9.17) is 10.2 Å². The highest BCUT2D eigenvalue weighted by Gasteiger charge is 2.18. The fourth-order valence-corrected chi connectivity index (χ4v) is 1.79. The van der Waals surface area contributed by atoms with Crippen LogP contribution in [-0.2, 0) is 12.8 Å². The second-order valence-corrected chi connectivity index (χ2v) is 3.78. The molecule has 0 fully saturated rings. The Balaban J connectivity index is 2.15. The lowest BCUT2D eigenvalue weighted by Gasteiger charge is -2.11. The van der Waals surface area contributed by atoms with Gasteiger partial charge in [-0.1, -0.05) is 0 Å². The number of hydrogen-bond acceptors (Lipinski definition) is 4. The second-order valence-electron chi connectivity index (χ2n) is 3.78. The summed E-state index contributed by atoms with van der Waals surface area (Å²) in [6, 6.07) is 0.724. The Morgan fingerprint density at radius 1 is 1.43 bits per heavy atom. The lowest BCUT2D eigenvalue weighted by atomic mass is 10.0. The normalized spacial score (nSPS) is 15.3. The van der Waals surface area contributed by atoms with Gasteiger partial charge >= 0.3 is 0 Å². The standard InChI is InChI=1S/C10H17N3O/c1-13(7-6-11)10-12-8-4-2-3-5-9(8)14-10/h2-7,11H2,1H3. The molecule has 0 saturated carbocycles. The molecule has 0 aliphatic heterocycles. The van der Waals surface area contributed by atoms with Crippen LogP contribution in [-0.4, -0.2) is 25.1 Å². The second kappa shape index (κ2) is 4.00. The van der Waals surface area contributed by atoms with Crippen LogP contribution in [0.2, 0.25) is 0 Å². The number of fused-ring (bicyclic) bond motifs is 1. The first kappa shape index (κ1) is 9.52. The Hall–Kier alpha value is -1.03. The van der Waals surface area contributed by atoms with E-state index in [0.717, 1.165) is 36.9 Å². The molecule has 1 aliphatic carbocycles. The molecule has 4 heteroatoms. The van der Waals surface area contributed by atoms with Gasteiger partial charge in [0.25, 0.3) is 6.01 Å². The van der Waals surface area contributed by atoms with Crippen LogP contribution < -0.4 is 10.6 Å². The number of hydrogen-bond donors (Lipinski definition) is 1. The van der Waals surface area contributed by atoms with Crippen molar-refractivity contribution < 1.29 is 4.42 Å². The number of nitrogens with zero attached hydrogens (tertiary/aromatic N) is 2. The zero-order chi connectivity index (χ0) is 9.97. The van der Waals surface area contributed by atoms with E-state index in [-0.39, 0.29) is 0 Å². The van der Waals surface area contributed by atoms with Gasteiger partial charge in [-0.3, -0.25) is 0 Å². The SMILES string of the molecule is CN(CCN)c1nc2c(o1)CCCC2. The lowest BCUT2D eigenvalue weighted by Crippen LogP contribution is -2.25. The quantitative estimate of drug-likeness (QED) is 0.780. The van der Waals surface area contributed by atoms with Crippen molar-refractivity contribution in [2.45, 2.75) is 25.7 Å². The minimum Gasteiger partial charge on any atom is -0.428 e. The van der Waals surface area contributed by atoms with E-state index in [1.807, 2.05) is 11.9 Å². The Labute approximate surface area is 84.1 Å². The zero-order valence-electron chi connectivity index (χ0n) is 8.62. The number of oxazole rings is 1. The average Bonchev–Trinajstić information content (AvgIpc) is 2.61. The Kier molecular flexibility index (Phi) is 2.72. The number of anilines is 1. The van der Waals surface area contributed by atoms with Gasteiger partial charge in [0.2, 0.25) is 0 Å². The van der Waals surface area contributed by atoms with Crippen LogP contribution in [0.25, 0.3) is 0 Å². The van der Waals surface area contributed by atoms with Gasteiger partial charge in [-0.2, -0.15) is 4.98 Å². The van der Waals surface area contributed by atoms with Crippen molar-refractivity contribution in [3.05, 3.63) is 11.5 Å². The Bertz CT molecular complexity index is 285. The third-order valence-corrected chi connectivity index (χ3v) is 2.63. The maximum absolute atomic E-state index is 5.68. The van der Waals surface area contributed by atoms with Gasteiger partial charge in [-0.25, -0.2) is 0 Å². The fraction of sp³-hybridized carbons (Fsp3) is 0.700. The molecule has 1 heterocycles. The molecule has 0 amide bonds. The van der Waals surface area contributed by atoms with E-state index < -0.39 is 0 Å². The number of aryl methyl sites for hydroxylation is 2. The summed E-state index contributed by atoms with van der Waals surface area (Å²) in [7, 11) is 1.96. The first-order valence-electron chi connectivity index (χ1n) is 5.21. The van der Waals surface area contributed by atoms with Gasteiger partial charge in [0, 0.05) is 26.6 Å². The largest absolute Gasteiger partial charge is 0.428 e. The number of likely N-dealkylation sites (N-methyl/N-ethyl adjacent to an activating group) is 1. The van der Waals surface area contributed by atoms with Gasteiger partial charge in [-0.15, -0.1) is 0 Å². The predicted molar refractivity (Wildman–Crippen MR) is 55.5 cm³/mol. The van der Waals surface area contributed by atoms with Crippen LogP contribution in [0.5, 0.6) is 0 Å². The predicted octanol–water partition coefficient (Wildman–Crippen LogP) is 0.948. The fourth-order valence-electron chi connectivity index (χ4n) is 1.79. The van der Waals surface area contributed by atoms with Crippen LogP contribution in [0.1, 0.15) is 24.3 Å². The summed E-state index contributed by atoms with van der Waals surface area (Å²) in [6.45, 7) is 1.42. The maximum Gasteiger partial charge on any atom is 0.297 e. The third-order valence-electron chi connectivity index (χ3n) is 2.63. The zero-order valence-corrected chi connectivity index (χ0v) is 8.62. The summed E-state index contributed by atoms with van der Waals surface area (Å²) in [5, 5.41) is 0. The highest BCUT2D eigenvalue weighted by Crippen LogP contribution is 2.25. The molecule has 2 rings (SSSR count). The molecule has 2 N–H and O–H groups in total. The monoisotopic (exact) mass is 195 g/mol. The van der Waals surface area contributed by atoms with Crippen LogP contribution >= 0.6 is 0 Å². The molecular weight excluding hydrogens is 178 g/mol. The summed E-state index contributed by atoms with van der Waals surface area (Å²) in [5.74, 6) is 1.08. The molecule has 0 saturated heterocycles. The van der Waals surface area contributed by atoms with Crippen LogP contribution in [0, 0.1) is 0 Å². The molecule has 1 aliphatic rings. The van der Waals surface area contributed by atoms with E-state index in [1.54, 1.807) is 0 Å². The molecule has 1 aromatic heterocycles. The van der Waals surface area contributed by atoms with Gasteiger partial charge < -0.3 is 15.1 Å². The smallest absolute Gasteiger partial charge is 0.297 e. The summed E-state index contributed by atoms with van der Waals surface area (Å²) < 4.78 is 5.68.